The maximum absolute atomic E-state index is 12.1. The molecule has 1 aromatic rings. The summed E-state index contributed by atoms with van der Waals surface area (Å²) in [6.45, 7) is 2.20. The molecule has 2 aliphatic heterocycles. The van der Waals surface area contributed by atoms with Gasteiger partial charge in [-0.1, -0.05) is 6.07 Å². The summed E-state index contributed by atoms with van der Waals surface area (Å²) in [4.78, 5) is 12.1. The Kier molecular flexibility index (Phi) is 3.89. The normalized spacial score (nSPS) is 23.9. The van der Waals surface area contributed by atoms with Crippen molar-refractivity contribution < 1.29 is 28.5 Å². The van der Waals surface area contributed by atoms with Crippen LogP contribution in [0.15, 0.2) is 12.1 Å². The molecule has 24 heavy (non-hydrogen) atoms. The van der Waals surface area contributed by atoms with Gasteiger partial charge in [0.2, 0.25) is 5.75 Å². The van der Waals surface area contributed by atoms with Gasteiger partial charge in [-0.25, -0.2) is 0 Å². The molecule has 1 aliphatic carbocycles. The second kappa shape index (κ2) is 5.93. The molecule has 6 nitrogen and oxygen atoms in total. The second-order valence-corrected chi connectivity index (χ2v) is 6.55. The summed E-state index contributed by atoms with van der Waals surface area (Å²) in [6.07, 6.45) is 3.78. The highest BCUT2D eigenvalue weighted by Gasteiger charge is 2.48. The van der Waals surface area contributed by atoms with E-state index in [4.69, 9.17) is 23.7 Å². The average Bonchev–Trinajstić information content (AvgIpc) is 3.10. The molecule has 0 amide bonds. The average molecular weight is 334 g/mol. The Bertz CT molecular complexity index is 625. The van der Waals surface area contributed by atoms with Crippen molar-refractivity contribution in [1.82, 2.24) is 0 Å². The Balaban J connectivity index is 1.70. The largest absolute Gasteiger partial charge is 0.493 e. The lowest BCUT2D eigenvalue weighted by molar-refractivity contribution is -0.184. The highest BCUT2D eigenvalue weighted by atomic mass is 16.7. The fourth-order valence-electron chi connectivity index (χ4n) is 3.98. The standard InChI is InChI=1S/C18H22O6/c1-20-14-3-2-13(15-16(14)22-9-8-21-15)17(12-19)4-6-18(7-5-17)23-10-11-24-18/h2-3,12H,4-11H2,1H3. The molecule has 0 unspecified atom stereocenters. The van der Waals surface area contributed by atoms with Crippen LogP contribution in [0.5, 0.6) is 17.2 Å². The molecular weight excluding hydrogens is 312 g/mol. The first-order chi connectivity index (χ1) is 11.7. The first kappa shape index (κ1) is 15.7. The maximum Gasteiger partial charge on any atom is 0.204 e. The Hall–Kier alpha value is -1.79. The van der Waals surface area contributed by atoms with E-state index >= 15 is 0 Å². The van der Waals surface area contributed by atoms with Gasteiger partial charge in [-0.3, -0.25) is 0 Å². The highest BCUT2D eigenvalue weighted by molar-refractivity contribution is 5.74. The Morgan fingerprint density at radius 3 is 2.25 bits per heavy atom. The molecule has 0 atom stereocenters. The van der Waals surface area contributed by atoms with Crippen molar-refractivity contribution in [1.29, 1.82) is 0 Å². The summed E-state index contributed by atoms with van der Waals surface area (Å²) < 4.78 is 28.6. The van der Waals surface area contributed by atoms with Gasteiger partial charge in [0.25, 0.3) is 0 Å². The van der Waals surface area contributed by atoms with E-state index in [0.29, 0.717) is 69.4 Å². The van der Waals surface area contributed by atoms with Gasteiger partial charge in [-0.05, 0) is 18.9 Å². The third-order valence-electron chi connectivity index (χ3n) is 5.35. The zero-order valence-corrected chi connectivity index (χ0v) is 13.8. The number of rotatable bonds is 3. The first-order valence-corrected chi connectivity index (χ1v) is 8.43. The van der Waals surface area contributed by atoms with Gasteiger partial charge in [-0.15, -0.1) is 0 Å². The third kappa shape index (κ3) is 2.36. The minimum absolute atomic E-state index is 0.471. The molecule has 1 saturated heterocycles. The summed E-state index contributed by atoms with van der Waals surface area (Å²) in [5.74, 6) is 1.36. The number of fused-ring (bicyclic) bond motifs is 1. The van der Waals surface area contributed by atoms with Crippen molar-refractivity contribution in [2.24, 2.45) is 0 Å². The summed E-state index contributed by atoms with van der Waals surface area (Å²) >= 11 is 0. The van der Waals surface area contributed by atoms with E-state index in [9.17, 15) is 4.79 Å². The number of ether oxygens (including phenoxy) is 5. The topological polar surface area (TPSA) is 63.2 Å². The SMILES string of the molecule is COc1ccc(C2(C=O)CCC3(CC2)OCCO3)c2c1OCCO2. The van der Waals surface area contributed by atoms with E-state index in [0.717, 1.165) is 11.8 Å². The molecule has 0 radical (unpaired) electrons. The number of hydrogen-bond donors (Lipinski definition) is 0. The van der Waals surface area contributed by atoms with Crippen molar-refractivity contribution >= 4 is 6.29 Å². The summed E-state index contributed by atoms with van der Waals surface area (Å²) in [5, 5.41) is 0. The van der Waals surface area contributed by atoms with Crippen LogP contribution in [-0.4, -0.2) is 45.6 Å². The quantitative estimate of drug-likeness (QED) is 0.790. The molecule has 0 aromatic heterocycles. The molecular formula is C18H22O6. The van der Waals surface area contributed by atoms with Crippen LogP contribution in [0.2, 0.25) is 0 Å². The summed E-state index contributed by atoms with van der Waals surface area (Å²) in [6, 6.07) is 3.77. The van der Waals surface area contributed by atoms with Gasteiger partial charge in [0.05, 0.1) is 25.7 Å². The number of hydrogen-bond acceptors (Lipinski definition) is 6. The van der Waals surface area contributed by atoms with Crippen LogP contribution < -0.4 is 14.2 Å². The van der Waals surface area contributed by atoms with Crippen LogP contribution in [0.25, 0.3) is 0 Å². The number of benzene rings is 1. The van der Waals surface area contributed by atoms with E-state index in [1.807, 2.05) is 12.1 Å². The van der Waals surface area contributed by atoms with Crippen LogP contribution in [0.3, 0.4) is 0 Å². The first-order valence-electron chi connectivity index (χ1n) is 8.43. The van der Waals surface area contributed by atoms with E-state index in [1.54, 1.807) is 7.11 Å². The molecule has 2 fully saturated rings. The van der Waals surface area contributed by atoms with Crippen LogP contribution >= 0.6 is 0 Å². The lowest BCUT2D eigenvalue weighted by atomic mass is 9.68. The fraction of sp³-hybridized carbons (Fsp3) is 0.611. The van der Waals surface area contributed by atoms with Gasteiger partial charge < -0.3 is 28.5 Å². The zero-order chi connectivity index (χ0) is 16.6. The number of aldehydes is 1. The number of carbonyl (C=O) groups excluding carboxylic acids is 1. The van der Waals surface area contributed by atoms with E-state index < -0.39 is 11.2 Å². The van der Waals surface area contributed by atoms with Gasteiger partial charge in [0, 0.05) is 18.4 Å². The molecule has 2 heterocycles. The zero-order valence-electron chi connectivity index (χ0n) is 13.8. The molecule has 3 aliphatic rings. The molecule has 6 heteroatoms. The predicted molar refractivity (Wildman–Crippen MR) is 84.8 cm³/mol. The number of carbonyl (C=O) groups is 1. The minimum atomic E-state index is -0.600. The van der Waals surface area contributed by atoms with Crippen LogP contribution in [0.4, 0.5) is 0 Å². The molecule has 130 valence electrons. The molecule has 4 rings (SSSR count). The Morgan fingerprint density at radius 2 is 1.62 bits per heavy atom. The Labute approximate surface area is 141 Å². The van der Waals surface area contributed by atoms with E-state index in [-0.39, 0.29) is 0 Å². The van der Waals surface area contributed by atoms with Crippen molar-refractivity contribution in [3.8, 4) is 17.2 Å². The van der Waals surface area contributed by atoms with Crippen LogP contribution in [-0.2, 0) is 19.7 Å². The van der Waals surface area contributed by atoms with Crippen molar-refractivity contribution in [2.75, 3.05) is 33.5 Å². The van der Waals surface area contributed by atoms with Crippen LogP contribution in [0, 0.1) is 0 Å². The van der Waals surface area contributed by atoms with Crippen LogP contribution in [0.1, 0.15) is 31.2 Å². The smallest absolute Gasteiger partial charge is 0.204 e. The summed E-state index contributed by atoms with van der Waals surface area (Å²) in [5.41, 5.74) is 0.276. The fourth-order valence-corrected chi connectivity index (χ4v) is 3.98. The Morgan fingerprint density at radius 1 is 0.958 bits per heavy atom. The van der Waals surface area contributed by atoms with Gasteiger partial charge in [0.15, 0.2) is 17.3 Å². The monoisotopic (exact) mass is 334 g/mol. The van der Waals surface area contributed by atoms with Crippen molar-refractivity contribution in [3.63, 3.8) is 0 Å². The van der Waals surface area contributed by atoms with Gasteiger partial charge in [-0.2, -0.15) is 0 Å². The summed E-state index contributed by atoms with van der Waals surface area (Å²) in [7, 11) is 1.60. The molecule has 1 saturated carbocycles. The predicted octanol–water partition coefficient (Wildman–Crippen LogP) is 2.22. The highest BCUT2D eigenvalue weighted by Crippen LogP contribution is 2.52. The lowest BCUT2D eigenvalue weighted by Gasteiger charge is -2.41. The third-order valence-corrected chi connectivity index (χ3v) is 5.35. The lowest BCUT2D eigenvalue weighted by Crippen LogP contribution is -2.43. The van der Waals surface area contributed by atoms with E-state index in [1.165, 1.54) is 0 Å². The van der Waals surface area contributed by atoms with Gasteiger partial charge in [0.1, 0.15) is 19.5 Å². The van der Waals surface area contributed by atoms with Crippen molar-refractivity contribution in [2.45, 2.75) is 36.9 Å². The minimum Gasteiger partial charge on any atom is -0.493 e. The molecule has 0 N–H and O–H groups in total. The molecule has 1 aromatic carbocycles. The molecule has 0 bridgehead atoms. The molecule has 1 spiro atoms. The van der Waals surface area contributed by atoms with E-state index in [2.05, 4.69) is 0 Å². The van der Waals surface area contributed by atoms with Crippen molar-refractivity contribution in [3.05, 3.63) is 17.7 Å². The van der Waals surface area contributed by atoms with Gasteiger partial charge >= 0.3 is 0 Å². The second-order valence-electron chi connectivity index (χ2n) is 6.55. The maximum atomic E-state index is 12.1. The number of methoxy groups -OCH3 is 1.